The molecule has 96 valence electrons. The molecule has 0 aromatic heterocycles. The van der Waals surface area contributed by atoms with Gasteiger partial charge in [-0.05, 0) is 31.4 Å². The van der Waals surface area contributed by atoms with Crippen molar-refractivity contribution >= 4 is 11.6 Å². The number of amides is 1. The lowest BCUT2D eigenvalue weighted by Crippen LogP contribution is -2.32. The van der Waals surface area contributed by atoms with Crippen molar-refractivity contribution in [1.29, 1.82) is 0 Å². The van der Waals surface area contributed by atoms with Crippen LogP contribution in [-0.2, 0) is 0 Å². The van der Waals surface area contributed by atoms with Crippen molar-refractivity contribution in [1.82, 2.24) is 5.32 Å². The molecule has 0 bridgehead atoms. The van der Waals surface area contributed by atoms with E-state index in [2.05, 4.69) is 16.8 Å². The Kier molecular flexibility index (Phi) is 4.40. The Labute approximate surface area is 108 Å². The molecule has 1 aliphatic heterocycles. The van der Waals surface area contributed by atoms with Crippen molar-refractivity contribution in [3.63, 3.8) is 0 Å². The first-order valence-corrected chi connectivity index (χ1v) is 6.56. The lowest BCUT2D eigenvalue weighted by atomic mass is 10.1. The summed E-state index contributed by atoms with van der Waals surface area (Å²) >= 11 is 0. The summed E-state index contributed by atoms with van der Waals surface area (Å²) in [4.78, 5) is 14.4. The van der Waals surface area contributed by atoms with E-state index in [4.69, 9.17) is 0 Å². The number of nitrogens with one attached hydrogen (secondary N) is 1. The molecule has 3 heteroatoms. The van der Waals surface area contributed by atoms with E-state index in [1.165, 1.54) is 19.3 Å². The second-order valence-electron chi connectivity index (χ2n) is 4.56. The van der Waals surface area contributed by atoms with Crippen LogP contribution in [0, 0.1) is 0 Å². The zero-order chi connectivity index (χ0) is 12.8. The highest BCUT2D eigenvalue weighted by Crippen LogP contribution is 2.23. The molecule has 2 rings (SSSR count). The number of nitrogens with zero attached hydrogens (tertiary/aromatic N) is 1. The van der Waals surface area contributed by atoms with Crippen LogP contribution >= 0.6 is 0 Å². The van der Waals surface area contributed by atoms with Crippen LogP contribution in [0.15, 0.2) is 36.9 Å². The van der Waals surface area contributed by atoms with Crippen LogP contribution in [-0.4, -0.2) is 25.5 Å². The van der Waals surface area contributed by atoms with Crippen molar-refractivity contribution < 1.29 is 4.79 Å². The smallest absolute Gasteiger partial charge is 0.253 e. The number of para-hydroxylation sites is 1. The molecule has 0 spiro atoms. The maximum absolute atomic E-state index is 12.1. The summed E-state index contributed by atoms with van der Waals surface area (Å²) in [5.41, 5.74) is 1.82. The first-order valence-electron chi connectivity index (χ1n) is 6.56. The van der Waals surface area contributed by atoms with Crippen LogP contribution in [0.4, 0.5) is 5.69 Å². The van der Waals surface area contributed by atoms with Gasteiger partial charge in [0.1, 0.15) is 0 Å². The van der Waals surface area contributed by atoms with Gasteiger partial charge in [-0.25, -0.2) is 0 Å². The summed E-state index contributed by atoms with van der Waals surface area (Å²) < 4.78 is 0. The average Bonchev–Trinajstić information content (AvgIpc) is 2.45. The van der Waals surface area contributed by atoms with E-state index in [0.717, 1.165) is 24.3 Å². The summed E-state index contributed by atoms with van der Waals surface area (Å²) in [6, 6.07) is 7.83. The normalized spacial score (nSPS) is 15.2. The van der Waals surface area contributed by atoms with Crippen molar-refractivity contribution in [3.05, 3.63) is 42.5 Å². The van der Waals surface area contributed by atoms with Crippen LogP contribution < -0.4 is 10.2 Å². The highest BCUT2D eigenvalue weighted by molar-refractivity contribution is 5.99. The number of carbonyl (C=O) groups excluding carboxylic acids is 1. The predicted octanol–water partition coefficient (Wildman–Crippen LogP) is 2.59. The molecule has 1 amide bonds. The Morgan fingerprint density at radius 1 is 1.28 bits per heavy atom. The van der Waals surface area contributed by atoms with Gasteiger partial charge in [-0.15, -0.1) is 6.58 Å². The molecular weight excluding hydrogens is 224 g/mol. The molecule has 1 aromatic carbocycles. The molecule has 1 aromatic rings. The quantitative estimate of drug-likeness (QED) is 0.826. The molecule has 3 nitrogen and oxygen atoms in total. The largest absolute Gasteiger partial charge is 0.371 e. The number of hydrogen-bond acceptors (Lipinski definition) is 2. The zero-order valence-corrected chi connectivity index (χ0v) is 10.7. The van der Waals surface area contributed by atoms with E-state index >= 15 is 0 Å². The molecule has 18 heavy (non-hydrogen) atoms. The fourth-order valence-electron chi connectivity index (χ4n) is 2.34. The Morgan fingerprint density at radius 3 is 2.72 bits per heavy atom. The van der Waals surface area contributed by atoms with Gasteiger partial charge in [-0.3, -0.25) is 4.79 Å². The Bertz CT molecular complexity index is 422. The van der Waals surface area contributed by atoms with Gasteiger partial charge >= 0.3 is 0 Å². The summed E-state index contributed by atoms with van der Waals surface area (Å²) in [5.74, 6) is -0.0175. The van der Waals surface area contributed by atoms with Gasteiger partial charge in [0.05, 0.1) is 5.56 Å². The van der Waals surface area contributed by atoms with E-state index in [0.29, 0.717) is 6.54 Å². The van der Waals surface area contributed by atoms with E-state index in [1.807, 2.05) is 24.3 Å². The molecule has 0 atom stereocenters. The molecule has 1 heterocycles. The lowest BCUT2D eigenvalue weighted by molar-refractivity contribution is 0.0958. The number of benzene rings is 1. The summed E-state index contributed by atoms with van der Waals surface area (Å²) in [6.45, 7) is 6.22. The summed E-state index contributed by atoms with van der Waals surface area (Å²) in [5, 5.41) is 2.84. The maximum Gasteiger partial charge on any atom is 0.253 e. The minimum Gasteiger partial charge on any atom is -0.371 e. The maximum atomic E-state index is 12.1. The van der Waals surface area contributed by atoms with Crippen LogP contribution in [0.1, 0.15) is 29.6 Å². The van der Waals surface area contributed by atoms with E-state index in [-0.39, 0.29) is 5.91 Å². The van der Waals surface area contributed by atoms with Gasteiger partial charge < -0.3 is 10.2 Å². The van der Waals surface area contributed by atoms with E-state index in [9.17, 15) is 4.79 Å². The number of piperidine rings is 1. The topological polar surface area (TPSA) is 32.3 Å². The SMILES string of the molecule is C=CCNC(=O)c1ccccc1N1CCCCC1. The number of anilines is 1. The van der Waals surface area contributed by atoms with Gasteiger partial charge in [0.2, 0.25) is 0 Å². The highest BCUT2D eigenvalue weighted by Gasteiger charge is 2.17. The minimum absolute atomic E-state index is 0.0175. The van der Waals surface area contributed by atoms with Gasteiger partial charge in [0, 0.05) is 25.3 Å². The van der Waals surface area contributed by atoms with Gasteiger partial charge in [-0.1, -0.05) is 18.2 Å². The predicted molar refractivity (Wildman–Crippen MR) is 75.0 cm³/mol. The highest BCUT2D eigenvalue weighted by atomic mass is 16.1. The third kappa shape index (κ3) is 2.92. The number of carbonyl (C=O) groups is 1. The van der Waals surface area contributed by atoms with Crippen molar-refractivity contribution in [3.8, 4) is 0 Å². The third-order valence-corrected chi connectivity index (χ3v) is 3.25. The fourth-order valence-corrected chi connectivity index (χ4v) is 2.34. The van der Waals surface area contributed by atoms with Crippen molar-refractivity contribution in [2.75, 3.05) is 24.5 Å². The fraction of sp³-hybridized carbons (Fsp3) is 0.400. The molecule has 0 aliphatic carbocycles. The molecular formula is C15H20N2O. The van der Waals surface area contributed by atoms with Crippen molar-refractivity contribution in [2.24, 2.45) is 0 Å². The first-order chi connectivity index (χ1) is 8.83. The van der Waals surface area contributed by atoms with Crippen LogP contribution in [0.25, 0.3) is 0 Å². The molecule has 1 N–H and O–H groups in total. The Morgan fingerprint density at radius 2 is 2.00 bits per heavy atom. The second-order valence-corrected chi connectivity index (χ2v) is 4.56. The third-order valence-electron chi connectivity index (χ3n) is 3.25. The summed E-state index contributed by atoms with van der Waals surface area (Å²) in [7, 11) is 0. The summed E-state index contributed by atoms with van der Waals surface area (Å²) in [6.07, 6.45) is 5.41. The van der Waals surface area contributed by atoms with Crippen LogP contribution in [0.2, 0.25) is 0 Å². The van der Waals surface area contributed by atoms with Crippen LogP contribution in [0.5, 0.6) is 0 Å². The van der Waals surface area contributed by atoms with E-state index < -0.39 is 0 Å². The molecule has 0 radical (unpaired) electrons. The zero-order valence-electron chi connectivity index (χ0n) is 10.7. The van der Waals surface area contributed by atoms with Gasteiger partial charge in [0.25, 0.3) is 5.91 Å². The van der Waals surface area contributed by atoms with Crippen molar-refractivity contribution in [2.45, 2.75) is 19.3 Å². The monoisotopic (exact) mass is 244 g/mol. The number of hydrogen-bond donors (Lipinski definition) is 1. The lowest BCUT2D eigenvalue weighted by Gasteiger charge is -2.30. The second kappa shape index (κ2) is 6.24. The molecule has 0 unspecified atom stereocenters. The molecule has 0 saturated carbocycles. The van der Waals surface area contributed by atoms with Crippen LogP contribution in [0.3, 0.4) is 0 Å². The van der Waals surface area contributed by atoms with E-state index in [1.54, 1.807) is 6.08 Å². The standard InChI is InChI=1S/C15H20N2O/c1-2-10-16-15(18)13-8-4-5-9-14(13)17-11-6-3-7-12-17/h2,4-5,8-9H,1,3,6-7,10-12H2,(H,16,18). The van der Waals surface area contributed by atoms with Gasteiger partial charge in [0.15, 0.2) is 0 Å². The Balaban J connectivity index is 2.18. The molecule has 1 aliphatic rings. The number of rotatable bonds is 4. The minimum atomic E-state index is -0.0175. The first kappa shape index (κ1) is 12.7. The van der Waals surface area contributed by atoms with Gasteiger partial charge in [-0.2, -0.15) is 0 Å². The Hall–Kier alpha value is -1.77. The molecule has 1 saturated heterocycles. The molecule has 1 fully saturated rings. The average molecular weight is 244 g/mol.